The molecule has 0 amide bonds. The van der Waals surface area contributed by atoms with E-state index in [9.17, 15) is 0 Å². The fourth-order valence-electron chi connectivity index (χ4n) is 1.32. The average molecular weight is 203 g/mol. The molecular formula is C13H17NO. The third kappa shape index (κ3) is 4.64. The van der Waals surface area contributed by atoms with Crippen molar-refractivity contribution in [3.8, 4) is 11.8 Å². The lowest BCUT2D eigenvalue weighted by atomic mass is 10.1. The van der Waals surface area contributed by atoms with Gasteiger partial charge in [-0.05, 0) is 37.1 Å². The van der Waals surface area contributed by atoms with Gasteiger partial charge in [-0.3, -0.25) is 0 Å². The Balaban J connectivity index is 2.62. The smallest absolute Gasteiger partial charge is 0.107 e. The van der Waals surface area contributed by atoms with Gasteiger partial charge in [0.15, 0.2) is 0 Å². The molecule has 2 N–H and O–H groups in total. The van der Waals surface area contributed by atoms with E-state index in [1.54, 1.807) is 7.11 Å². The fourth-order valence-corrected chi connectivity index (χ4v) is 1.32. The van der Waals surface area contributed by atoms with Crippen molar-refractivity contribution in [1.29, 1.82) is 0 Å². The standard InChI is InChI=1S/C13H17NO/c1-15-10-4-8-13-6-2-5-12(11-13)7-3-9-14/h2,5-6,11H,3,7,9-10,14H2,1H3. The zero-order chi connectivity index (χ0) is 10.9. The molecule has 0 aromatic heterocycles. The van der Waals surface area contributed by atoms with Gasteiger partial charge in [0.05, 0.1) is 0 Å². The van der Waals surface area contributed by atoms with Crippen LogP contribution in [-0.4, -0.2) is 20.3 Å². The van der Waals surface area contributed by atoms with Gasteiger partial charge >= 0.3 is 0 Å². The third-order valence-corrected chi connectivity index (χ3v) is 2.05. The third-order valence-electron chi connectivity index (χ3n) is 2.05. The zero-order valence-electron chi connectivity index (χ0n) is 9.12. The maximum Gasteiger partial charge on any atom is 0.107 e. The van der Waals surface area contributed by atoms with Gasteiger partial charge in [-0.25, -0.2) is 0 Å². The molecule has 0 spiro atoms. The van der Waals surface area contributed by atoms with E-state index in [0.29, 0.717) is 6.61 Å². The Bertz CT molecular complexity index is 349. The first kappa shape index (κ1) is 11.8. The van der Waals surface area contributed by atoms with Crippen LogP contribution in [0.2, 0.25) is 0 Å². The second-order valence-corrected chi connectivity index (χ2v) is 3.33. The summed E-state index contributed by atoms with van der Waals surface area (Å²) in [6.45, 7) is 1.21. The molecule has 0 bridgehead atoms. The van der Waals surface area contributed by atoms with Gasteiger partial charge in [-0.15, -0.1) is 0 Å². The van der Waals surface area contributed by atoms with E-state index in [4.69, 9.17) is 10.5 Å². The summed E-state index contributed by atoms with van der Waals surface area (Å²) in [7, 11) is 1.65. The number of ether oxygens (including phenoxy) is 1. The Morgan fingerprint density at radius 2 is 2.27 bits per heavy atom. The van der Waals surface area contributed by atoms with Crippen molar-refractivity contribution in [2.45, 2.75) is 12.8 Å². The van der Waals surface area contributed by atoms with E-state index in [1.807, 2.05) is 12.1 Å². The Labute approximate surface area is 91.4 Å². The Hall–Kier alpha value is -1.30. The molecule has 0 saturated heterocycles. The Morgan fingerprint density at radius 1 is 1.40 bits per heavy atom. The van der Waals surface area contributed by atoms with E-state index in [-0.39, 0.29) is 0 Å². The first-order chi connectivity index (χ1) is 7.36. The van der Waals surface area contributed by atoms with Gasteiger partial charge in [0, 0.05) is 12.7 Å². The lowest BCUT2D eigenvalue weighted by Crippen LogP contribution is -2.00. The van der Waals surface area contributed by atoms with Crippen LogP contribution in [0.5, 0.6) is 0 Å². The largest absolute Gasteiger partial charge is 0.372 e. The number of nitrogens with two attached hydrogens (primary N) is 1. The summed E-state index contributed by atoms with van der Waals surface area (Å²) in [5.74, 6) is 5.99. The second-order valence-electron chi connectivity index (χ2n) is 3.33. The average Bonchev–Trinajstić information content (AvgIpc) is 2.27. The number of rotatable bonds is 4. The Kier molecular flexibility index (Phi) is 5.54. The predicted octanol–water partition coefficient (Wildman–Crippen LogP) is 1.58. The molecule has 15 heavy (non-hydrogen) atoms. The molecule has 0 aliphatic rings. The van der Waals surface area contributed by atoms with Crippen LogP contribution in [0, 0.1) is 11.8 Å². The van der Waals surface area contributed by atoms with E-state index < -0.39 is 0 Å². The van der Waals surface area contributed by atoms with E-state index in [0.717, 1.165) is 24.9 Å². The highest BCUT2D eigenvalue weighted by Gasteiger charge is 1.93. The molecule has 80 valence electrons. The first-order valence-electron chi connectivity index (χ1n) is 5.13. The van der Waals surface area contributed by atoms with Crippen molar-refractivity contribution in [3.05, 3.63) is 35.4 Å². The number of hydrogen-bond acceptors (Lipinski definition) is 2. The topological polar surface area (TPSA) is 35.2 Å². The molecule has 0 radical (unpaired) electrons. The van der Waals surface area contributed by atoms with Crippen LogP contribution in [0.3, 0.4) is 0 Å². The summed E-state index contributed by atoms with van der Waals surface area (Å²) in [5, 5.41) is 0. The highest BCUT2D eigenvalue weighted by Crippen LogP contribution is 2.06. The zero-order valence-corrected chi connectivity index (χ0v) is 9.12. The summed E-state index contributed by atoms with van der Waals surface area (Å²) >= 11 is 0. The van der Waals surface area contributed by atoms with Gasteiger partial charge in [-0.1, -0.05) is 24.0 Å². The van der Waals surface area contributed by atoms with Crippen LogP contribution in [-0.2, 0) is 11.2 Å². The van der Waals surface area contributed by atoms with Crippen LogP contribution in [0.15, 0.2) is 24.3 Å². The van der Waals surface area contributed by atoms with Crippen LogP contribution >= 0.6 is 0 Å². The summed E-state index contributed by atoms with van der Waals surface area (Å²) in [4.78, 5) is 0. The van der Waals surface area contributed by atoms with E-state index >= 15 is 0 Å². The maximum atomic E-state index is 5.47. The summed E-state index contributed by atoms with van der Waals surface area (Å²) in [5.41, 5.74) is 7.81. The van der Waals surface area contributed by atoms with Crippen LogP contribution in [0.1, 0.15) is 17.5 Å². The van der Waals surface area contributed by atoms with Crippen molar-refractivity contribution in [2.24, 2.45) is 5.73 Å². The normalized spacial score (nSPS) is 9.47. The van der Waals surface area contributed by atoms with Gasteiger partial charge < -0.3 is 10.5 Å². The van der Waals surface area contributed by atoms with Crippen LogP contribution in [0.4, 0.5) is 0 Å². The van der Waals surface area contributed by atoms with Crippen molar-refractivity contribution in [3.63, 3.8) is 0 Å². The van der Waals surface area contributed by atoms with Gasteiger partial charge in [0.1, 0.15) is 6.61 Å². The first-order valence-corrected chi connectivity index (χ1v) is 5.13. The molecule has 0 saturated carbocycles. The molecule has 1 aromatic carbocycles. The van der Waals surface area contributed by atoms with Crippen molar-refractivity contribution >= 4 is 0 Å². The van der Waals surface area contributed by atoms with Crippen LogP contribution in [0.25, 0.3) is 0 Å². The number of benzene rings is 1. The van der Waals surface area contributed by atoms with Crippen molar-refractivity contribution in [2.75, 3.05) is 20.3 Å². The molecule has 1 rings (SSSR count). The molecule has 0 unspecified atom stereocenters. The number of hydrogen-bond donors (Lipinski definition) is 1. The summed E-state index contributed by atoms with van der Waals surface area (Å²) in [6.07, 6.45) is 2.05. The number of aryl methyl sites for hydroxylation is 1. The molecule has 1 aromatic rings. The van der Waals surface area contributed by atoms with E-state index in [2.05, 4.69) is 24.0 Å². The summed E-state index contributed by atoms with van der Waals surface area (Å²) in [6, 6.07) is 8.26. The Morgan fingerprint density at radius 3 is 3.00 bits per heavy atom. The predicted molar refractivity (Wildman–Crippen MR) is 62.6 cm³/mol. The highest BCUT2D eigenvalue weighted by molar-refractivity contribution is 5.37. The monoisotopic (exact) mass is 203 g/mol. The quantitative estimate of drug-likeness (QED) is 0.754. The lowest BCUT2D eigenvalue weighted by molar-refractivity contribution is 0.240. The molecule has 0 atom stereocenters. The SMILES string of the molecule is COCC#Cc1cccc(CCCN)c1. The minimum Gasteiger partial charge on any atom is -0.372 e. The summed E-state index contributed by atoms with van der Waals surface area (Å²) < 4.78 is 4.87. The molecular weight excluding hydrogens is 186 g/mol. The molecule has 0 aliphatic carbocycles. The molecule has 2 nitrogen and oxygen atoms in total. The molecule has 0 heterocycles. The molecule has 0 fully saturated rings. The molecule has 2 heteroatoms. The van der Waals surface area contributed by atoms with Gasteiger partial charge in [0.2, 0.25) is 0 Å². The highest BCUT2D eigenvalue weighted by atomic mass is 16.5. The van der Waals surface area contributed by atoms with Gasteiger partial charge in [0.25, 0.3) is 0 Å². The number of methoxy groups -OCH3 is 1. The molecule has 0 aliphatic heterocycles. The fraction of sp³-hybridized carbons (Fsp3) is 0.385. The maximum absolute atomic E-state index is 5.47. The van der Waals surface area contributed by atoms with Crippen molar-refractivity contribution < 1.29 is 4.74 Å². The minimum atomic E-state index is 0.479. The lowest BCUT2D eigenvalue weighted by Gasteiger charge is -1.99. The van der Waals surface area contributed by atoms with E-state index in [1.165, 1.54) is 5.56 Å². The van der Waals surface area contributed by atoms with Crippen molar-refractivity contribution in [1.82, 2.24) is 0 Å². The second kappa shape index (κ2) is 7.05. The minimum absolute atomic E-state index is 0.479. The van der Waals surface area contributed by atoms with Gasteiger partial charge in [-0.2, -0.15) is 0 Å². The van der Waals surface area contributed by atoms with Crippen LogP contribution < -0.4 is 5.73 Å².